The van der Waals surface area contributed by atoms with Crippen molar-refractivity contribution in [2.75, 3.05) is 13.2 Å². The lowest BCUT2D eigenvalue weighted by Gasteiger charge is -2.42. The van der Waals surface area contributed by atoms with E-state index in [0.717, 1.165) is 28.7 Å². The van der Waals surface area contributed by atoms with Crippen molar-refractivity contribution in [2.24, 2.45) is 0 Å². The van der Waals surface area contributed by atoms with Crippen molar-refractivity contribution in [3.05, 3.63) is 59.7 Å². The number of carboxylic acid groups (broad SMARTS) is 1. The molecule has 1 saturated carbocycles. The topological polar surface area (TPSA) is 116 Å². The summed E-state index contributed by atoms with van der Waals surface area (Å²) in [5.41, 5.74) is 3.80. The number of carbonyl (C=O) groups excluding carboxylic acids is 2. The molecular formula is C26H28N2O6. The number of carbonyl (C=O) groups is 3. The Labute approximate surface area is 197 Å². The Morgan fingerprint density at radius 1 is 1.03 bits per heavy atom. The Balaban J connectivity index is 1.23. The molecule has 1 aliphatic heterocycles. The van der Waals surface area contributed by atoms with Gasteiger partial charge in [0.15, 0.2) is 0 Å². The number of β-amino-alcohol motifs (C(OH)–C–C–N with tert-alkyl or cyclic N) is 1. The molecule has 0 spiro atoms. The van der Waals surface area contributed by atoms with Crippen molar-refractivity contribution >= 4 is 18.0 Å². The summed E-state index contributed by atoms with van der Waals surface area (Å²) < 4.78 is 5.65. The Hall–Kier alpha value is -3.39. The highest BCUT2D eigenvalue weighted by Crippen LogP contribution is 2.44. The van der Waals surface area contributed by atoms with E-state index in [2.05, 4.69) is 29.6 Å². The van der Waals surface area contributed by atoms with E-state index < -0.39 is 29.7 Å². The van der Waals surface area contributed by atoms with Gasteiger partial charge in [-0.2, -0.15) is 0 Å². The fraction of sp³-hybridized carbons (Fsp3) is 0.423. The molecule has 8 heteroatoms. The van der Waals surface area contributed by atoms with Crippen LogP contribution in [0, 0.1) is 0 Å². The highest BCUT2D eigenvalue weighted by molar-refractivity contribution is 5.86. The second-order valence-electron chi connectivity index (χ2n) is 9.55. The van der Waals surface area contributed by atoms with Crippen LogP contribution in [0.4, 0.5) is 4.79 Å². The summed E-state index contributed by atoms with van der Waals surface area (Å²) in [6.07, 6.45) is 0.695. The lowest BCUT2D eigenvalue weighted by atomic mass is 9.74. The van der Waals surface area contributed by atoms with Crippen LogP contribution in [0.5, 0.6) is 0 Å². The van der Waals surface area contributed by atoms with Crippen molar-refractivity contribution in [1.29, 1.82) is 0 Å². The van der Waals surface area contributed by atoms with E-state index in [0.29, 0.717) is 12.8 Å². The van der Waals surface area contributed by atoms with E-state index in [1.807, 2.05) is 24.3 Å². The minimum Gasteiger partial charge on any atom is -0.480 e. The van der Waals surface area contributed by atoms with E-state index >= 15 is 0 Å². The highest BCUT2D eigenvalue weighted by Gasteiger charge is 2.45. The number of ether oxygens (including phenoxy) is 1. The van der Waals surface area contributed by atoms with E-state index in [9.17, 15) is 24.6 Å². The number of aliphatic hydroxyl groups is 1. The Bertz CT molecular complexity index is 1080. The predicted molar refractivity (Wildman–Crippen MR) is 123 cm³/mol. The number of hydrogen-bond donors (Lipinski definition) is 3. The van der Waals surface area contributed by atoms with Gasteiger partial charge in [0.1, 0.15) is 12.6 Å². The number of carboxylic acids is 1. The molecule has 8 nitrogen and oxygen atoms in total. The van der Waals surface area contributed by atoms with Crippen LogP contribution in [0.15, 0.2) is 48.5 Å². The summed E-state index contributed by atoms with van der Waals surface area (Å²) in [4.78, 5) is 38.4. The molecule has 5 rings (SSSR count). The number of rotatable bonds is 6. The molecule has 178 valence electrons. The van der Waals surface area contributed by atoms with Gasteiger partial charge < -0.3 is 25.2 Å². The van der Waals surface area contributed by atoms with Crippen LogP contribution >= 0.6 is 0 Å². The van der Waals surface area contributed by atoms with Gasteiger partial charge in [0.05, 0.1) is 18.1 Å². The first-order valence-corrected chi connectivity index (χ1v) is 11.7. The third-order valence-electron chi connectivity index (χ3n) is 7.40. The normalized spacial score (nSPS) is 22.4. The standard InChI is InChI=1S/C26H28N2O6/c29-16-12-22(24(31)32)28(14-16)23(30)13-26(10-5-11-26)27-25(33)34-15-21-19-8-3-1-6-17(19)18-7-2-4-9-20(18)21/h1-4,6-9,16,21-22,29H,5,10-15H2,(H,27,33)(H,31,32). The summed E-state index contributed by atoms with van der Waals surface area (Å²) >= 11 is 0. The van der Waals surface area contributed by atoms with Crippen molar-refractivity contribution in [2.45, 2.75) is 55.7 Å². The fourth-order valence-corrected chi connectivity index (χ4v) is 5.52. The quantitative estimate of drug-likeness (QED) is 0.605. The van der Waals surface area contributed by atoms with Crippen molar-refractivity contribution in [1.82, 2.24) is 10.2 Å². The molecule has 0 aromatic heterocycles. The summed E-state index contributed by atoms with van der Waals surface area (Å²) in [5, 5.41) is 22.1. The number of amides is 2. The average Bonchev–Trinajstić information content (AvgIpc) is 3.35. The maximum absolute atomic E-state index is 12.9. The van der Waals surface area contributed by atoms with Crippen LogP contribution in [0.25, 0.3) is 11.1 Å². The van der Waals surface area contributed by atoms with Crippen LogP contribution in [-0.4, -0.2) is 63.9 Å². The summed E-state index contributed by atoms with van der Waals surface area (Å²) in [6.45, 7) is 0.181. The third-order valence-corrected chi connectivity index (χ3v) is 7.40. The minimum atomic E-state index is -1.13. The SMILES string of the molecule is O=C(NC1(CC(=O)N2CC(O)CC2C(=O)O)CCC1)OCC1c2ccccc2-c2ccccc21. The number of hydrogen-bond acceptors (Lipinski definition) is 5. The Morgan fingerprint density at radius 2 is 1.65 bits per heavy atom. The van der Waals surface area contributed by atoms with Crippen LogP contribution in [0.1, 0.15) is 49.1 Å². The predicted octanol–water partition coefficient (Wildman–Crippen LogP) is 2.88. The molecule has 3 N–H and O–H groups in total. The molecule has 0 radical (unpaired) electrons. The van der Waals surface area contributed by atoms with Crippen LogP contribution in [0.3, 0.4) is 0 Å². The van der Waals surface area contributed by atoms with Crippen LogP contribution < -0.4 is 5.32 Å². The van der Waals surface area contributed by atoms with Crippen molar-refractivity contribution in [3.63, 3.8) is 0 Å². The molecule has 34 heavy (non-hydrogen) atoms. The van der Waals surface area contributed by atoms with Gasteiger partial charge >= 0.3 is 12.1 Å². The smallest absolute Gasteiger partial charge is 0.407 e. The van der Waals surface area contributed by atoms with Gasteiger partial charge in [-0.05, 0) is 41.5 Å². The number of aliphatic carboxylic acids is 1. The van der Waals surface area contributed by atoms with Gasteiger partial charge in [-0.15, -0.1) is 0 Å². The zero-order valence-corrected chi connectivity index (χ0v) is 18.8. The number of alkyl carbamates (subject to hydrolysis) is 1. The van der Waals surface area contributed by atoms with E-state index in [1.165, 1.54) is 4.90 Å². The van der Waals surface area contributed by atoms with Gasteiger partial charge in [0, 0.05) is 18.9 Å². The average molecular weight is 465 g/mol. The van der Waals surface area contributed by atoms with E-state index in [1.54, 1.807) is 0 Å². The molecule has 2 amide bonds. The number of fused-ring (bicyclic) bond motifs is 3. The number of aliphatic hydroxyl groups excluding tert-OH is 1. The lowest BCUT2D eigenvalue weighted by molar-refractivity contribution is -0.149. The molecule has 1 heterocycles. The lowest BCUT2D eigenvalue weighted by Crippen LogP contribution is -2.57. The Kier molecular flexibility index (Phi) is 5.77. The van der Waals surface area contributed by atoms with E-state index in [4.69, 9.17) is 4.74 Å². The molecule has 2 aliphatic carbocycles. The minimum absolute atomic E-state index is 0.00315. The summed E-state index contributed by atoms with van der Waals surface area (Å²) in [5.74, 6) is -1.56. The largest absolute Gasteiger partial charge is 0.480 e. The van der Waals surface area contributed by atoms with Gasteiger partial charge in [-0.3, -0.25) is 4.79 Å². The number of nitrogens with zero attached hydrogens (tertiary/aromatic N) is 1. The maximum atomic E-state index is 12.9. The maximum Gasteiger partial charge on any atom is 0.407 e. The Morgan fingerprint density at radius 3 is 2.21 bits per heavy atom. The van der Waals surface area contributed by atoms with Crippen LogP contribution in [-0.2, 0) is 14.3 Å². The molecule has 2 atom stereocenters. The van der Waals surface area contributed by atoms with Gasteiger partial charge in [-0.1, -0.05) is 48.5 Å². The first-order valence-electron chi connectivity index (χ1n) is 11.7. The molecule has 1 saturated heterocycles. The molecule has 2 aromatic rings. The zero-order valence-electron chi connectivity index (χ0n) is 18.8. The second kappa shape index (κ2) is 8.76. The summed E-state index contributed by atoms with van der Waals surface area (Å²) in [7, 11) is 0. The third kappa shape index (κ3) is 4.03. The number of likely N-dealkylation sites (tertiary alicyclic amines) is 1. The van der Waals surface area contributed by atoms with Gasteiger partial charge in [-0.25, -0.2) is 9.59 Å². The molecular weight excluding hydrogens is 436 g/mol. The van der Waals surface area contributed by atoms with E-state index in [-0.39, 0.29) is 37.8 Å². The molecule has 0 bridgehead atoms. The van der Waals surface area contributed by atoms with Crippen LogP contribution in [0.2, 0.25) is 0 Å². The number of benzene rings is 2. The molecule has 2 unspecified atom stereocenters. The zero-order chi connectivity index (χ0) is 23.9. The van der Waals surface area contributed by atoms with Crippen molar-refractivity contribution in [3.8, 4) is 11.1 Å². The second-order valence-corrected chi connectivity index (χ2v) is 9.55. The monoisotopic (exact) mass is 464 g/mol. The molecule has 3 aliphatic rings. The van der Waals surface area contributed by atoms with Crippen molar-refractivity contribution < 1.29 is 29.3 Å². The first-order chi connectivity index (χ1) is 16.4. The van der Waals surface area contributed by atoms with Gasteiger partial charge in [0.2, 0.25) is 5.91 Å². The van der Waals surface area contributed by atoms with Gasteiger partial charge in [0.25, 0.3) is 0 Å². The summed E-state index contributed by atoms with van der Waals surface area (Å²) in [6, 6.07) is 15.2. The number of nitrogens with one attached hydrogen (secondary N) is 1. The highest BCUT2D eigenvalue weighted by atomic mass is 16.5. The molecule has 2 aromatic carbocycles. The fourth-order valence-electron chi connectivity index (χ4n) is 5.52. The first kappa shape index (κ1) is 22.4. The molecule has 2 fully saturated rings.